The van der Waals surface area contributed by atoms with E-state index < -0.39 is 0 Å². The van der Waals surface area contributed by atoms with Gasteiger partial charge >= 0.3 is 0 Å². The van der Waals surface area contributed by atoms with Crippen molar-refractivity contribution >= 4 is 31.7 Å². The van der Waals surface area contributed by atoms with Crippen molar-refractivity contribution in [2.45, 2.75) is 13.3 Å². The molecule has 2 aromatic rings. The van der Waals surface area contributed by atoms with E-state index in [1.54, 1.807) is 0 Å². The first kappa shape index (κ1) is 7.92. The van der Waals surface area contributed by atoms with Gasteiger partial charge in [-0.25, -0.2) is 0 Å². The van der Waals surface area contributed by atoms with Crippen LogP contribution in [0.1, 0.15) is 12.5 Å². The molecule has 1 aromatic carbocycles. The summed E-state index contributed by atoms with van der Waals surface area (Å²) in [6.45, 7) is 2.18. The first-order valence-electron chi connectivity index (χ1n) is 4.18. The lowest BCUT2D eigenvalue weighted by atomic mass is 10.1. The molecule has 0 amide bonds. The predicted molar refractivity (Wildman–Crippen MR) is 53.1 cm³/mol. The second kappa shape index (κ2) is 2.97. The molecule has 0 saturated heterocycles. The van der Waals surface area contributed by atoms with E-state index in [-0.39, 0.29) is 0 Å². The monoisotopic (exact) mass is 171 g/mol. The van der Waals surface area contributed by atoms with Gasteiger partial charge in [0.2, 0.25) is 16.3 Å². The van der Waals surface area contributed by atoms with Crippen LogP contribution in [0.3, 0.4) is 0 Å². The first-order valence-corrected chi connectivity index (χ1v) is 4.75. The maximum absolute atomic E-state index is 3.34. The zero-order valence-corrected chi connectivity index (χ0v) is 8.25. The standard InChI is InChI=1S/C10H10N.Al/c1-2-8-7-11-10-6-4-3-5-9(8)10;/h3-6,11H,2H2,1H3;. The van der Waals surface area contributed by atoms with Crippen LogP contribution in [0.2, 0.25) is 0 Å². The van der Waals surface area contributed by atoms with E-state index in [2.05, 4.69) is 52.5 Å². The fraction of sp³-hybridized carbons (Fsp3) is 0.200. The van der Waals surface area contributed by atoms with Crippen LogP contribution in [0, 0.1) is 0 Å². The molecule has 0 aliphatic carbocycles. The minimum atomic E-state index is 1.09. The molecule has 1 heterocycles. The summed E-state index contributed by atoms with van der Waals surface area (Å²) in [4.78, 5) is 3.34. The van der Waals surface area contributed by atoms with Crippen molar-refractivity contribution in [3.05, 3.63) is 29.8 Å². The summed E-state index contributed by atoms with van der Waals surface area (Å²) in [5, 5.41) is 1.35. The molecule has 0 bridgehead atoms. The van der Waals surface area contributed by atoms with Crippen molar-refractivity contribution < 1.29 is 0 Å². The Kier molecular flexibility index (Phi) is 1.96. The molecular formula is C10H10AlN. The molecule has 58 valence electrons. The molecular weight excluding hydrogens is 161 g/mol. The van der Waals surface area contributed by atoms with Gasteiger partial charge < -0.3 is 4.98 Å². The van der Waals surface area contributed by atoms with E-state index in [0.717, 1.165) is 6.42 Å². The van der Waals surface area contributed by atoms with Gasteiger partial charge in [0, 0.05) is 10.9 Å². The highest BCUT2D eigenvalue weighted by atomic mass is 27.0. The van der Waals surface area contributed by atoms with Crippen molar-refractivity contribution in [3.63, 3.8) is 0 Å². The number of hydrogen-bond acceptors (Lipinski definition) is 0. The third-order valence-electron chi connectivity index (χ3n) is 2.20. The van der Waals surface area contributed by atoms with Crippen molar-refractivity contribution in [3.8, 4) is 0 Å². The Morgan fingerprint density at radius 3 is 2.83 bits per heavy atom. The summed E-state index contributed by atoms with van der Waals surface area (Å²) in [5.74, 6) is 0. The molecule has 12 heavy (non-hydrogen) atoms. The number of aromatic amines is 1. The van der Waals surface area contributed by atoms with Crippen LogP contribution in [0.15, 0.2) is 24.3 Å². The summed E-state index contributed by atoms with van der Waals surface area (Å²) in [5.41, 5.74) is 2.65. The molecule has 2 heteroatoms. The summed E-state index contributed by atoms with van der Waals surface area (Å²) in [6, 6.07) is 8.42. The average molecular weight is 171 g/mol. The van der Waals surface area contributed by atoms with Gasteiger partial charge in [-0.1, -0.05) is 29.7 Å². The number of hydrogen-bond donors (Lipinski definition) is 1. The van der Waals surface area contributed by atoms with Crippen LogP contribution in [-0.4, -0.2) is 21.3 Å². The number of fused-ring (bicyclic) bond motifs is 1. The predicted octanol–water partition coefficient (Wildman–Crippen LogP) is 1.52. The van der Waals surface area contributed by atoms with Gasteiger partial charge in [0.25, 0.3) is 0 Å². The molecule has 1 N–H and O–H groups in total. The summed E-state index contributed by atoms with van der Waals surface area (Å²) >= 11 is 2.75. The van der Waals surface area contributed by atoms with Gasteiger partial charge in [0.05, 0.1) is 0 Å². The maximum Gasteiger partial charge on any atom is 0.206 e. The Balaban J connectivity index is 2.81. The van der Waals surface area contributed by atoms with Crippen LogP contribution in [0.4, 0.5) is 0 Å². The Morgan fingerprint density at radius 1 is 1.33 bits per heavy atom. The Hall–Kier alpha value is -0.708. The second-order valence-corrected chi connectivity index (χ2v) is 3.49. The lowest BCUT2D eigenvalue weighted by Gasteiger charge is -1.94. The van der Waals surface area contributed by atoms with Crippen molar-refractivity contribution in [1.29, 1.82) is 0 Å². The van der Waals surface area contributed by atoms with Crippen molar-refractivity contribution in [1.82, 2.24) is 4.98 Å². The van der Waals surface area contributed by atoms with Gasteiger partial charge in [0.15, 0.2) is 0 Å². The largest absolute Gasteiger partial charge is 0.377 e. The van der Waals surface area contributed by atoms with Crippen LogP contribution in [-0.2, 0) is 6.42 Å². The van der Waals surface area contributed by atoms with Gasteiger partial charge in [-0.3, -0.25) is 0 Å². The molecule has 0 unspecified atom stereocenters. The second-order valence-electron chi connectivity index (χ2n) is 2.92. The third kappa shape index (κ3) is 1.08. The van der Waals surface area contributed by atoms with E-state index in [4.69, 9.17) is 0 Å². The minimum Gasteiger partial charge on any atom is -0.377 e. The highest BCUT2D eigenvalue weighted by Crippen LogP contribution is 2.15. The fourth-order valence-electron chi connectivity index (χ4n) is 1.60. The maximum atomic E-state index is 3.34. The normalized spacial score (nSPS) is 10.8. The van der Waals surface area contributed by atoms with E-state index in [1.807, 2.05) is 0 Å². The van der Waals surface area contributed by atoms with E-state index >= 15 is 0 Å². The number of nitrogens with one attached hydrogen (secondary N) is 1. The van der Waals surface area contributed by atoms with Gasteiger partial charge in [-0.05, 0) is 18.1 Å². The Bertz CT molecular complexity index is 403. The van der Waals surface area contributed by atoms with Gasteiger partial charge in [0.1, 0.15) is 0 Å². The third-order valence-corrected chi connectivity index (χ3v) is 2.69. The number of H-pyrrole nitrogens is 1. The lowest BCUT2D eigenvalue weighted by Crippen LogP contribution is -2.07. The molecule has 1 nitrogen and oxygen atoms in total. The van der Waals surface area contributed by atoms with Crippen LogP contribution in [0.25, 0.3) is 10.9 Å². The molecule has 0 atom stereocenters. The number of rotatable bonds is 1. The van der Waals surface area contributed by atoms with E-state index in [9.17, 15) is 0 Å². The van der Waals surface area contributed by atoms with Gasteiger partial charge in [-0.15, -0.1) is 0 Å². The minimum absolute atomic E-state index is 1.09. The van der Waals surface area contributed by atoms with Crippen molar-refractivity contribution in [2.24, 2.45) is 0 Å². The Labute approximate surface area is 80.2 Å². The highest BCUT2D eigenvalue weighted by Gasteiger charge is 2.02. The summed E-state index contributed by atoms with van der Waals surface area (Å²) in [6.07, 6.45) is 1.09. The SMILES string of the molecule is CCc1[c]([Al])[nH]c2ccccc12. The smallest absolute Gasteiger partial charge is 0.206 e. The highest BCUT2D eigenvalue weighted by molar-refractivity contribution is 6.33. The molecule has 2 rings (SSSR count). The first-order chi connectivity index (χ1) is 5.83. The summed E-state index contributed by atoms with van der Waals surface area (Å²) in [7, 11) is 0. The molecule has 0 fully saturated rings. The number of benzene rings is 1. The molecule has 0 aliphatic rings. The molecule has 1 aromatic heterocycles. The lowest BCUT2D eigenvalue weighted by molar-refractivity contribution is 1.17. The number of para-hydroxylation sites is 1. The number of aryl methyl sites for hydroxylation is 1. The Morgan fingerprint density at radius 2 is 2.08 bits per heavy atom. The van der Waals surface area contributed by atoms with E-state index in [1.165, 1.54) is 21.0 Å². The molecule has 2 radical (unpaired) electrons. The van der Waals surface area contributed by atoms with Crippen LogP contribution < -0.4 is 4.56 Å². The van der Waals surface area contributed by atoms with E-state index in [0.29, 0.717) is 0 Å². The molecule has 0 saturated carbocycles. The van der Waals surface area contributed by atoms with Gasteiger partial charge in [-0.2, -0.15) is 0 Å². The quantitative estimate of drug-likeness (QED) is 0.626. The zero-order chi connectivity index (χ0) is 8.55. The van der Waals surface area contributed by atoms with Crippen LogP contribution >= 0.6 is 0 Å². The fourth-order valence-corrected chi connectivity index (χ4v) is 2.12. The topological polar surface area (TPSA) is 15.8 Å². The van der Waals surface area contributed by atoms with Crippen LogP contribution in [0.5, 0.6) is 0 Å². The molecule has 0 aliphatic heterocycles. The number of aromatic nitrogens is 1. The average Bonchev–Trinajstić information content (AvgIpc) is 2.40. The summed E-state index contributed by atoms with van der Waals surface area (Å²) < 4.78 is 1.22. The van der Waals surface area contributed by atoms with Crippen molar-refractivity contribution in [2.75, 3.05) is 0 Å². The molecule has 0 spiro atoms. The zero-order valence-electron chi connectivity index (χ0n) is 7.09.